The number of benzene rings is 3. The zero-order valence-corrected chi connectivity index (χ0v) is 19.7. The van der Waals surface area contributed by atoms with Gasteiger partial charge in [0.15, 0.2) is 0 Å². The predicted octanol–water partition coefficient (Wildman–Crippen LogP) is 5.94. The van der Waals surface area contributed by atoms with E-state index in [-0.39, 0.29) is 5.41 Å². The van der Waals surface area contributed by atoms with E-state index in [1.54, 1.807) is 0 Å². The minimum Gasteiger partial charge on any atom is -0.357 e. The van der Waals surface area contributed by atoms with Crippen molar-refractivity contribution in [3.05, 3.63) is 113 Å². The number of amides is 1. The van der Waals surface area contributed by atoms with Gasteiger partial charge in [-0.3, -0.25) is 9.69 Å². The molecule has 1 N–H and O–H groups in total. The molecule has 1 heterocycles. The van der Waals surface area contributed by atoms with Crippen LogP contribution in [0.1, 0.15) is 36.0 Å². The molecule has 3 aromatic rings. The lowest BCUT2D eigenvalue weighted by Gasteiger charge is -2.36. The van der Waals surface area contributed by atoms with Crippen molar-refractivity contribution >= 4 is 23.6 Å². The van der Waals surface area contributed by atoms with Gasteiger partial charge in [0.2, 0.25) is 6.41 Å². The summed E-state index contributed by atoms with van der Waals surface area (Å²) in [6.07, 6.45) is 6.23. The molecule has 1 aliphatic rings. The highest BCUT2D eigenvalue weighted by atomic mass is 35.5. The fourth-order valence-corrected chi connectivity index (χ4v) is 5.05. The quantitative estimate of drug-likeness (QED) is 0.381. The normalized spacial score (nSPS) is 14.5. The summed E-state index contributed by atoms with van der Waals surface area (Å²) in [7, 11) is 0. The molecule has 0 bridgehead atoms. The number of carbonyl (C=O) groups excluding carboxylic acids is 1. The molecule has 4 rings (SSSR count). The number of carbonyl (C=O) groups is 1. The molecule has 0 radical (unpaired) electrons. The molecule has 0 aromatic heterocycles. The van der Waals surface area contributed by atoms with Gasteiger partial charge < -0.3 is 5.32 Å². The second-order valence-corrected chi connectivity index (χ2v) is 9.14. The predicted molar refractivity (Wildman–Crippen MR) is 137 cm³/mol. The second-order valence-electron chi connectivity index (χ2n) is 8.70. The van der Waals surface area contributed by atoms with Crippen LogP contribution in [0.2, 0.25) is 5.02 Å². The Labute approximate surface area is 202 Å². The van der Waals surface area contributed by atoms with Gasteiger partial charge in [0.1, 0.15) is 0 Å². The summed E-state index contributed by atoms with van der Waals surface area (Å²) in [5.41, 5.74) is 4.92. The van der Waals surface area contributed by atoms with Crippen molar-refractivity contribution in [1.82, 2.24) is 10.2 Å². The van der Waals surface area contributed by atoms with E-state index in [0.29, 0.717) is 6.54 Å². The van der Waals surface area contributed by atoms with Crippen LogP contribution >= 0.6 is 11.6 Å². The molecule has 0 saturated heterocycles. The van der Waals surface area contributed by atoms with Gasteiger partial charge in [-0.25, -0.2) is 0 Å². The van der Waals surface area contributed by atoms with Gasteiger partial charge >= 0.3 is 0 Å². The van der Waals surface area contributed by atoms with Crippen LogP contribution in [0.4, 0.5) is 0 Å². The van der Waals surface area contributed by atoms with E-state index in [9.17, 15) is 4.79 Å². The number of rotatable bonds is 10. The number of hydrogen-bond acceptors (Lipinski definition) is 2. The maximum absolute atomic E-state index is 11.3. The Bertz CT molecular complexity index is 1010. The van der Waals surface area contributed by atoms with Gasteiger partial charge in [-0.1, -0.05) is 90.5 Å². The fourth-order valence-electron chi connectivity index (χ4n) is 4.92. The van der Waals surface area contributed by atoms with Crippen LogP contribution in [0.15, 0.2) is 91.0 Å². The molecule has 4 heteroatoms. The summed E-state index contributed by atoms with van der Waals surface area (Å²) < 4.78 is 0. The van der Waals surface area contributed by atoms with Crippen LogP contribution in [0.25, 0.3) is 5.57 Å². The van der Waals surface area contributed by atoms with Crippen LogP contribution in [0.3, 0.4) is 0 Å². The molecule has 170 valence electrons. The lowest BCUT2D eigenvalue weighted by atomic mass is 9.71. The van der Waals surface area contributed by atoms with Crippen LogP contribution in [-0.4, -0.2) is 37.5 Å². The van der Waals surface area contributed by atoms with Crippen molar-refractivity contribution < 1.29 is 4.79 Å². The molecule has 0 atom stereocenters. The number of halogens is 1. The van der Waals surface area contributed by atoms with E-state index in [1.165, 1.54) is 22.3 Å². The molecular formula is C29H31ClN2O. The second kappa shape index (κ2) is 11.3. The van der Waals surface area contributed by atoms with E-state index >= 15 is 0 Å². The summed E-state index contributed by atoms with van der Waals surface area (Å²) in [4.78, 5) is 13.8. The Morgan fingerprint density at radius 3 is 2.09 bits per heavy atom. The summed E-state index contributed by atoms with van der Waals surface area (Å²) in [6.45, 7) is 3.65. The molecule has 1 amide bonds. The lowest BCUT2D eigenvalue weighted by molar-refractivity contribution is -0.109. The molecule has 0 spiro atoms. The van der Waals surface area contributed by atoms with Gasteiger partial charge in [-0.2, -0.15) is 0 Å². The molecular weight excluding hydrogens is 428 g/mol. The smallest absolute Gasteiger partial charge is 0.207 e. The Morgan fingerprint density at radius 2 is 1.55 bits per heavy atom. The molecule has 1 aliphatic heterocycles. The number of hydrogen-bond donors (Lipinski definition) is 1. The lowest BCUT2D eigenvalue weighted by Crippen LogP contribution is -2.40. The Balaban J connectivity index is 1.46. The highest BCUT2D eigenvalue weighted by Crippen LogP contribution is 2.36. The first-order valence-electron chi connectivity index (χ1n) is 11.7. The molecule has 0 aliphatic carbocycles. The van der Waals surface area contributed by atoms with Crippen LogP contribution in [0, 0.1) is 0 Å². The van der Waals surface area contributed by atoms with E-state index in [2.05, 4.69) is 77.0 Å². The van der Waals surface area contributed by atoms with E-state index in [4.69, 9.17) is 11.6 Å². The molecule has 0 saturated carbocycles. The third-order valence-electron chi connectivity index (χ3n) is 6.73. The largest absolute Gasteiger partial charge is 0.357 e. The molecule has 0 unspecified atom stereocenters. The monoisotopic (exact) mass is 458 g/mol. The minimum atomic E-state index is -0.247. The van der Waals surface area contributed by atoms with Crippen molar-refractivity contribution in [2.75, 3.05) is 26.2 Å². The average Bonchev–Trinajstić information content (AvgIpc) is 2.88. The minimum absolute atomic E-state index is 0.247. The van der Waals surface area contributed by atoms with Gasteiger partial charge in [-0.15, -0.1) is 0 Å². The first-order chi connectivity index (χ1) is 16.2. The maximum Gasteiger partial charge on any atom is 0.207 e. The standard InChI is InChI=1S/C29H31ClN2O/c30-28-14-12-24(13-15-28)25-16-20-32(21-17-25)19-7-18-29(22-31-23-33,26-8-3-1-4-9-26)27-10-5-2-6-11-27/h1-6,8-16,23H,7,17-22H2,(H,31,33). The fraction of sp³-hybridized carbons (Fsp3) is 0.276. The first-order valence-corrected chi connectivity index (χ1v) is 12.0. The molecule has 0 fully saturated rings. The topological polar surface area (TPSA) is 32.3 Å². The summed E-state index contributed by atoms with van der Waals surface area (Å²) in [5.74, 6) is 0. The Morgan fingerprint density at radius 1 is 0.909 bits per heavy atom. The zero-order chi connectivity index (χ0) is 22.9. The van der Waals surface area contributed by atoms with Crippen LogP contribution in [-0.2, 0) is 10.2 Å². The Kier molecular flexibility index (Phi) is 7.98. The third-order valence-corrected chi connectivity index (χ3v) is 6.98. The van der Waals surface area contributed by atoms with E-state index in [1.807, 2.05) is 24.3 Å². The maximum atomic E-state index is 11.3. The zero-order valence-electron chi connectivity index (χ0n) is 18.9. The summed E-state index contributed by atoms with van der Waals surface area (Å²) in [5, 5.41) is 3.77. The van der Waals surface area contributed by atoms with E-state index < -0.39 is 0 Å². The van der Waals surface area contributed by atoms with Gasteiger partial charge in [0.05, 0.1) is 0 Å². The highest BCUT2D eigenvalue weighted by molar-refractivity contribution is 6.30. The third kappa shape index (κ3) is 5.73. The van der Waals surface area contributed by atoms with Crippen LogP contribution in [0.5, 0.6) is 0 Å². The van der Waals surface area contributed by atoms with Crippen molar-refractivity contribution in [2.45, 2.75) is 24.7 Å². The summed E-state index contributed by atoms with van der Waals surface area (Å²) in [6, 6.07) is 29.3. The van der Waals surface area contributed by atoms with Gasteiger partial charge in [-0.05, 0) is 60.2 Å². The van der Waals surface area contributed by atoms with Crippen molar-refractivity contribution in [1.29, 1.82) is 0 Å². The van der Waals surface area contributed by atoms with Crippen LogP contribution < -0.4 is 5.32 Å². The molecule has 33 heavy (non-hydrogen) atoms. The number of nitrogens with one attached hydrogen (secondary N) is 1. The van der Waals surface area contributed by atoms with Crippen molar-refractivity contribution in [3.8, 4) is 0 Å². The Hall–Kier alpha value is -2.88. The molecule has 3 aromatic carbocycles. The van der Waals surface area contributed by atoms with Gasteiger partial charge in [0.25, 0.3) is 0 Å². The highest BCUT2D eigenvalue weighted by Gasteiger charge is 2.33. The SMILES string of the molecule is O=CNCC(CCCN1CC=C(c2ccc(Cl)cc2)CC1)(c1ccccc1)c1ccccc1. The first kappa shape index (κ1) is 23.3. The number of nitrogens with zero attached hydrogens (tertiary/aromatic N) is 1. The van der Waals surface area contributed by atoms with E-state index in [0.717, 1.165) is 50.3 Å². The van der Waals surface area contributed by atoms with Crippen molar-refractivity contribution in [3.63, 3.8) is 0 Å². The average molecular weight is 459 g/mol. The summed E-state index contributed by atoms with van der Waals surface area (Å²) >= 11 is 6.04. The van der Waals surface area contributed by atoms with Gasteiger partial charge in [0, 0.05) is 30.1 Å². The molecule has 3 nitrogen and oxygen atoms in total. The van der Waals surface area contributed by atoms with Crippen molar-refractivity contribution in [2.24, 2.45) is 0 Å².